The van der Waals surface area contributed by atoms with E-state index in [2.05, 4.69) is 4.98 Å². The Morgan fingerprint density at radius 2 is 2.00 bits per heavy atom. The Morgan fingerprint density at radius 3 is 2.61 bits per heavy atom. The van der Waals surface area contributed by atoms with Gasteiger partial charge in [0.1, 0.15) is 6.23 Å². The molecule has 7 heteroatoms. The lowest BCUT2D eigenvalue weighted by atomic mass is 10.4. The monoisotopic (exact) mass is 252 g/mol. The van der Waals surface area contributed by atoms with E-state index in [1.807, 2.05) is 13.8 Å². The first-order valence-electron chi connectivity index (χ1n) is 5.73. The van der Waals surface area contributed by atoms with Crippen LogP contribution in [0.5, 0.6) is 0 Å². The van der Waals surface area contributed by atoms with Gasteiger partial charge < -0.3 is 4.74 Å². The average Bonchev–Trinajstić information content (AvgIpc) is 2.79. The van der Waals surface area contributed by atoms with Crippen LogP contribution >= 0.6 is 0 Å². The minimum atomic E-state index is -0.387. The summed E-state index contributed by atoms with van der Waals surface area (Å²) in [5.41, 5.74) is -0.00540. The van der Waals surface area contributed by atoms with Crippen LogP contribution < -0.4 is 11.2 Å². The van der Waals surface area contributed by atoms with Gasteiger partial charge in [-0.25, -0.2) is 9.78 Å². The molecule has 98 valence electrons. The van der Waals surface area contributed by atoms with Gasteiger partial charge in [0.2, 0.25) is 0 Å². The molecule has 0 aliphatic carbocycles. The normalized spacial score (nSPS) is 13.1. The van der Waals surface area contributed by atoms with Crippen molar-refractivity contribution in [3.8, 4) is 0 Å². The van der Waals surface area contributed by atoms with E-state index in [1.165, 1.54) is 17.9 Å². The Bertz CT molecular complexity index is 695. The molecular formula is C11H16N4O3. The van der Waals surface area contributed by atoms with E-state index in [-0.39, 0.29) is 17.5 Å². The van der Waals surface area contributed by atoms with Gasteiger partial charge >= 0.3 is 5.69 Å². The minimum absolute atomic E-state index is 0.301. The van der Waals surface area contributed by atoms with Gasteiger partial charge in [-0.05, 0) is 13.8 Å². The molecule has 0 radical (unpaired) electrons. The molecule has 0 amide bonds. The quantitative estimate of drug-likeness (QED) is 0.770. The zero-order valence-corrected chi connectivity index (χ0v) is 10.9. The van der Waals surface area contributed by atoms with Crippen LogP contribution in [0.4, 0.5) is 0 Å². The van der Waals surface area contributed by atoms with Crippen LogP contribution in [-0.2, 0) is 18.8 Å². The molecule has 18 heavy (non-hydrogen) atoms. The Kier molecular flexibility index (Phi) is 3.08. The van der Waals surface area contributed by atoms with Crippen LogP contribution in [0, 0.1) is 0 Å². The third-order valence-electron chi connectivity index (χ3n) is 2.97. The Labute approximate surface area is 103 Å². The van der Waals surface area contributed by atoms with E-state index in [4.69, 9.17) is 4.74 Å². The number of hydrogen-bond donors (Lipinski definition) is 0. The average molecular weight is 252 g/mol. The molecule has 0 saturated carbocycles. The summed E-state index contributed by atoms with van der Waals surface area (Å²) >= 11 is 0. The third-order valence-corrected chi connectivity index (χ3v) is 2.97. The molecule has 0 bridgehead atoms. The van der Waals surface area contributed by atoms with Crippen LogP contribution in [0.1, 0.15) is 20.1 Å². The van der Waals surface area contributed by atoms with Crippen LogP contribution in [0.2, 0.25) is 0 Å². The fraction of sp³-hybridized carbons (Fsp3) is 0.545. The zero-order chi connectivity index (χ0) is 13.4. The highest BCUT2D eigenvalue weighted by Crippen LogP contribution is 2.13. The van der Waals surface area contributed by atoms with Crippen molar-refractivity contribution in [2.45, 2.75) is 20.1 Å². The van der Waals surface area contributed by atoms with Gasteiger partial charge in [0, 0.05) is 20.7 Å². The first-order valence-corrected chi connectivity index (χ1v) is 5.73. The van der Waals surface area contributed by atoms with Crippen molar-refractivity contribution in [3.63, 3.8) is 0 Å². The summed E-state index contributed by atoms with van der Waals surface area (Å²) in [6, 6.07) is 0. The van der Waals surface area contributed by atoms with Gasteiger partial charge in [-0.15, -0.1) is 0 Å². The second-order valence-corrected chi connectivity index (χ2v) is 4.08. The molecule has 0 aliphatic rings. The predicted molar refractivity (Wildman–Crippen MR) is 66.6 cm³/mol. The van der Waals surface area contributed by atoms with Crippen molar-refractivity contribution in [1.29, 1.82) is 0 Å². The molecule has 1 atom stereocenters. The van der Waals surface area contributed by atoms with Gasteiger partial charge in [-0.2, -0.15) is 0 Å². The number of aromatic nitrogens is 4. The van der Waals surface area contributed by atoms with Crippen molar-refractivity contribution in [2.75, 3.05) is 6.61 Å². The number of aryl methyl sites for hydroxylation is 1. The van der Waals surface area contributed by atoms with Gasteiger partial charge in [0.15, 0.2) is 11.2 Å². The number of fused-ring (bicyclic) bond motifs is 1. The highest BCUT2D eigenvalue weighted by atomic mass is 16.5. The van der Waals surface area contributed by atoms with Gasteiger partial charge in [0.05, 0.1) is 6.33 Å². The predicted octanol–water partition coefficient (Wildman–Crippen LogP) is -0.0113. The standard InChI is InChI=1S/C11H16N4O3/c1-5-18-7(2)15-6-12-9-8(15)10(16)14(4)11(17)13(9)3/h6-7H,5H2,1-4H3. The van der Waals surface area contributed by atoms with Crippen LogP contribution in [0.3, 0.4) is 0 Å². The van der Waals surface area contributed by atoms with Crippen molar-refractivity contribution >= 4 is 11.2 Å². The minimum Gasteiger partial charge on any atom is -0.359 e. The molecule has 0 saturated heterocycles. The van der Waals surface area contributed by atoms with Crippen LogP contribution in [-0.4, -0.2) is 25.3 Å². The summed E-state index contributed by atoms with van der Waals surface area (Å²) < 4.78 is 9.51. The Balaban J connectivity index is 2.82. The lowest BCUT2D eigenvalue weighted by Gasteiger charge is -2.14. The lowest BCUT2D eigenvalue weighted by Crippen LogP contribution is -2.37. The van der Waals surface area contributed by atoms with E-state index in [1.54, 1.807) is 11.6 Å². The molecule has 0 fully saturated rings. The third kappa shape index (κ3) is 1.67. The molecule has 0 aromatic carbocycles. The molecule has 0 aliphatic heterocycles. The Morgan fingerprint density at radius 1 is 1.33 bits per heavy atom. The van der Waals surface area contributed by atoms with Crippen molar-refractivity contribution in [3.05, 3.63) is 27.2 Å². The summed E-state index contributed by atoms with van der Waals surface area (Å²) in [5.74, 6) is 0. The molecule has 2 aromatic heterocycles. The van der Waals surface area contributed by atoms with Crippen LogP contribution in [0.25, 0.3) is 11.2 Å². The number of imidazole rings is 1. The summed E-state index contributed by atoms with van der Waals surface area (Å²) in [7, 11) is 3.04. The fourth-order valence-corrected chi connectivity index (χ4v) is 1.96. The van der Waals surface area contributed by atoms with Gasteiger partial charge in [-0.1, -0.05) is 0 Å². The van der Waals surface area contributed by atoms with E-state index < -0.39 is 0 Å². The summed E-state index contributed by atoms with van der Waals surface area (Å²) in [5, 5.41) is 0. The maximum atomic E-state index is 12.1. The second kappa shape index (κ2) is 4.41. The molecule has 0 N–H and O–H groups in total. The topological polar surface area (TPSA) is 71.1 Å². The molecule has 0 spiro atoms. The molecule has 2 heterocycles. The van der Waals surface area contributed by atoms with E-state index in [9.17, 15) is 9.59 Å². The maximum absolute atomic E-state index is 12.1. The number of nitrogens with zero attached hydrogens (tertiary/aromatic N) is 4. The molecular weight excluding hydrogens is 236 g/mol. The first kappa shape index (κ1) is 12.6. The molecule has 7 nitrogen and oxygen atoms in total. The molecule has 2 rings (SSSR count). The largest absolute Gasteiger partial charge is 0.359 e. The van der Waals surface area contributed by atoms with Gasteiger partial charge in [-0.3, -0.25) is 18.5 Å². The maximum Gasteiger partial charge on any atom is 0.332 e. The van der Waals surface area contributed by atoms with Crippen molar-refractivity contribution in [2.24, 2.45) is 14.1 Å². The number of ether oxygens (including phenoxy) is 1. The number of rotatable bonds is 3. The van der Waals surface area contributed by atoms with E-state index in [0.29, 0.717) is 17.8 Å². The molecule has 1 unspecified atom stereocenters. The SMILES string of the molecule is CCOC(C)n1cnc2c1c(=O)n(C)c(=O)n2C. The summed E-state index contributed by atoms with van der Waals surface area (Å²) in [6.45, 7) is 4.24. The second-order valence-electron chi connectivity index (χ2n) is 4.08. The number of hydrogen-bond acceptors (Lipinski definition) is 4. The van der Waals surface area contributed by atoms with E-state index >= 15 is 0 Å². The summed E-state index contributed by atoms with van der Waals surface area (Å²) in [4.78, 5) is 28.0. The first-order chi connectivity index (χ1) is 8.49. The van der Waals surface area contributed by atoms with E-state index in [0.717, 1.165) is 4.57 Å². The highest BCUT2D eigenvalue weighted by Gasteiger charge is 2.17. The van der Waals surface area contributed by atoms with Gasteiger partial charge in [0.25, 0.3) is 5.56 Å². The zero-order valence-electron chi connectivity index (χ0n) is 10.9. The van der Waals surface area contributed by atoms with Crippen molar-refractivity contribution in [1.82, 2.24) is 18.7 Å². The Hall–Kier alpha value is -1.89. The van der Waals surface area contributed by atoms with Crippen molar-refractivity contribution < 1.29 is 4.74 Å². The molecule has 2 aromatic rings. The highest BCUT2D eigenvalue weighted by molar-refractivity contribution is 5.70. The fourth-order valence-electron chi connectivity index (χ4n) is 1.96. The smallest absolute Gasteiger partial charge is 0.332 e. The summed E-state index contributed by atoms with van der Waals surface area (Å²) in [6.07, 6.45) is 1.22. The lowest BCUT2D eigenvalue weighted by molar-refractivity contribution is 0.0274. The van der Waals surface area contributed by atoms with Crippen LogP contribution in [0.15, 0.2) is 15.9 Å².